The van der Waals surface area contributed by atoms with Crippen LogP contribution in [0.15, 0.2) is 24.3 Å². The first kappa shape index (κ1) is 14.1. The third kappa shape index (κ3) is 5.25. The molecule has 0 fully saturated rings. The highest BCUT2D eigenvalue weighted by Gasteiger charge is 2.02. The lowest BCUT2D eigenvalue weighted by Gasteiger charge is -2.11. The van der Waals surface area contributed by atoms with Crippen LogP contribution in [0.1, 0.15) is 58.4 Å². The molecule has 1 atom stereocenters. The van der Waals surface area contributed by atoms with Gasteiger partial charge in [-0.1, -0.05) is 39.8 Å². The van der Waals surface area contributed by atoms with Crippen LogP contribution in [0.4, 0.5) is 0 Å². The molecule has 0 aliphatic carbocycles. The van der Waals surface area contributed by atoms with Gasteiger partial charge in [-0.3, -0.25) is 0 Å². The third-order valence-corrected chi connectivity index (χ3v) is 3.26. The summed E-state index contributed by atoms with van der Waals surface area (Å²) in [5.74, 6) is 2.41. The fourth-order valence-corrected chi connectivity index (χ4v) is 1.81. The summed E-state index contributed by atoms with van der Waals surface area (Å²) in [5, 5.41) is 0. The van der Waals surface area contributed by atoms with Crippen molar-refractivity contribution < 1.29 is 4.74 Å². The molecule has 0 spiro atoms. The van der Waals surface area contributed by atoms with Gasteiger partial charge in [0.25, 0.3) is 0 Å². The largest absolute Gasteiger partial charge is 0.494 e. The molecule has 0 aromatic heterocycles. The van der Waals surface area contributed by atoms with Gasteiger partial charge in [-0.2, -0.15) is 0 Å². The molecule has 0 heterocycles. The highest BCUT2D eigenvalue weighted by Crippen LogP contribution is 2.21. The molecule has 1 aromatic carbocycles. The van der Waals surface area contributed by atoms with Crippen LogP contribution in [0, 0.1) is 5.92 Å². The van der Waals surface area contributed by atoms with Crippen molar-refractivity contribution in [3.63, 3.8) is 0 Å². The Morgan fingerprint density at radius 1 is 1.06 bits per heavy atom. The highest BCUT2D eigenvalue weighted by atomic mass is 16.5. The zero-order valence-electron chi connectivity index (χ0n) is 11.7. The molecule has 1 heteroatoms. The molecule has 0 bridgehead atoms. The van der Waals surface area contributed by atoms with Crippen molar-refractivity contribution in [1.82, 2.24) is 0 Å². The predicted molar refractivity (Wildman–Crippen MR) is 74.7 cm³/mol. The Bertz CT molecular complexity index is 300. The van der Waals surface area contributed by atoms with Crippen molar-refractivity contribution in [1.29, 1.82) is 0 Å². The molecule has 0 N–H and O–H groups in total. The lowest BCUT2D eigenvalue weighted by Crippen LogP contribution is -2.00. The maximum absolute atomic E-state index is 5.72. The van der Waals surface area contributed by atoms with Gasteiger partial charge < -0.3 is 4.74 Å². The zero-order valence-corrected chi connectivity index (χ0v) is 11.7. The lowest BCUT2D eigenvalue weighted by molar-refractivity contribution is 0.297. The molecule has 0 amide bonds. The first-order chi connectivity index (χ1) is 8.13. The van der Waals surface area contributed by atoms with Crippen molar-refractivity contribution in [2.45, 2.75) is 52.9 Å². The van der Waals surface area contributed by atoms with E-state index >= 15 is 0 Å². The van der Waals surface area contributed by atoms with E-state index in [4.69, 9.17) is 4.74 Å². The smallest absolute Gasteiger partial charge is 0.119 e. The van der Waals surface area contributed by atoms with E-state index in [1.165, 1.54) is 18.4 Å². The monoisotopic (exact) mass is 234 g/mol. The highest BCUT2D eigenvalue weighted by molar-refractivity contribution is 5.29. The van der Waals surface area contributed by atoms with Gasteiger partial charge in [0.1, 0.15) is 5.75 Å². The molecular formula is C16H26O. The Hall–Kier alpha value is -0.980. The zero-order chi connectivity index (χ0) is 12.7. The number of hydrogen-bond donors (Lipinski definition) is 0. The minimum atomic E-state index is 0.644. The normalized spacial score (nSPS) is 12.8. The average Bonchev–Trinajstić information content (AvgIpc) is 2.34. The van der Waals surface area contributed by atoms with Gasteiger partial charge in [-0.05, 0) is 48.8 Å². The second-order valence-electron chi connectivity index (χ2n) is 5.26. The Kier molecular flexibility index (Phi) is 6.10. The second-order valence-corrected chi connectivity index (χ2v) is 5.26. The van der Waals surface area contributed by atoms with E-state index in [2.05, 4.69) is 52.0 Å². The fourth-order valence-electron chi connectivity index (χ4n) is 1.81. The van der Waals surface area contributed by atoms with E-state index in [0.717, 1.165) is 24.7 Å². The van der Waals surface area contributed by atoms with E-state index in [1.54, 1.807) is 0 Å². The standard InChI is InChI=1S/C16H26O/c1-5-14(4)15-8-10-16(11-9-15)17-12-6-7-13(2)3/h8-11,13-14H,5-7,12H2,1-4H3. The van der Waals surface area contributed by atoms with Gasteiger partial charge in [0, 0.05) is 0 Å². The molecule has 0 radical (unpaired) electrons. The van der Waals surface area contributed by atoms with Gasteiger partial charge in [-0.25, -0.2) is 0 Å². The van der Waals surface area contributed by atoms with Crippen molar-refractivity contribution in [2.24, 2.45) is 5.92 Å². The molecule has 96 valence electrons. The van der Waals surface area contributed by atoms with Crippen LogP contribution in [0.5, 0.6) is 5.75 Å². The van der Waals surface area contributed by atoms with Crippen LogP contribution in [-0.2, 0) is 0 Å². The van der Waals surface area contributed by atoms with Crippen molar-refractivity contribution >= 4 is 0 Å². The number of ether oxygens (including phenoxy) is 1. The number of hydrogen-bond acceptors (Lipinski definition) is 1. The molecule has 1 aromatic rings. The second kappa shape index (κ2) is 7.37. The van der Waals surface area contributed by atoms with Gasteiger partial charge in [0.2, 0.25) is 0 Å². The quantitative estimate of drug-likeness (QED) is 0.602. The van der Waals surface area contributed by atoms with Gasteiger partial charge >= 0.3 is 0 Å². The maximum atomic E-state index is 5.72. The molecule has 0 aliphatic heterocycles. The summed E-state index contributed by atoms with van der Waals surface area (Å²) >= 11 is 0. The molecule has 1 unspecified atom stereocenters. The molecule has 17 heavy (non-hydrogen) atoms. The summed E-state index contributed by atoms with van der Waals surface area (Å²) in [6.07, 6.45) is 3.57. The summed E-state index contributed by atoms with van der Waals surface area (Å²) < 4.78 is 5.72. The van der Waals surface area contributed by atoms with Crippen molar-refractivity contribution in [3.8, 4) is 5.75 Å². The van der Waals surface area contributed by atoms with Gasteiger partial charge in [0.05, 0.1) is 6.61 Å². The maximum Gasteiger partial charge on any atom is 0.119 e. The molecule has 1 nitrogen and oxygen atoms in total. The number of benzene rings is 1. The van der Waals surface area contributed by atoms with E-state index in [-0.39, 0.29) is 0 Å². The van der Waals surface area contributed by atoms with Crippen LogP contribution >= 0.6 is 0 Å². The van der Waals surface area contributed by atoms with E-state index < -0.39 is 0 Å². The van der Waals surface area contributed by atoms with E-state index in [9.17, 15) is 0 Å². The van der Waals surface area contributed by atoms with Crippen LogP contribution in [0.25, 0.3) is 0 Å². The summed E-state index contributed by atoms with van der Waals surface area (Å²) in [4.78, 5) is 0. The first-order valence-corrected chi connectivity index (χ1v) is 6.86. The van der Waals surface area contributed by atoms with Gasteiger partial charge in [-0.15, -0.1) is 0 Å². The molecule has 1 rings (SSSR count). The summed E-state index contributed by atoms with van der Waals surface area (Å²) in [6.45, 7) is 9.82. The molecule has 0 aliphatic rings. The molecule has 0 saturated carbocycles. The van der Waals surface area contributed by atoms with Crippen LogP contribution < -0.4 is 4.74 Å². The van der Waals surface area contributed by atoms with Crippen molar-refractivity contribution in [3.05, 3.63) is 29.8 Å². The van der Waals surface area contributed by atoms with Crippen LogP contribution in [0.3, 0.4) is 0 Å². The Morgan fingerprint density at radius 3 is 2.24 bits per heavy atom. The predicted octanol–water partition coefficient (Wildman–Crippen LogP) is 5.02. The Morgan fingerprint density at radius 2 is 1.71 bits per heavy atom. The summed E-state index contributed by atoms with van der Waals surface area (Å²) in [7, 11) is 0. The van der Waals surface area contributed by atoms with Crippen molar-refractivity contribution in [2.75, 3.05) is 6.61 Å². The van der Waals surface area contributed by atoms with E-state index in [1.807, 2.05) is 0 Å². The third-order valence-electron chi connectivity index (χ3n) is 3.26. The molecular weight excluding hydrogens is 208 g/mol. The molecule has 0 saturated heterocycles. The average molecular weight is 234 g/mol. The fraction of sp³-hybridized carbons (Fsp3) is 0.625. The first-order valence-electron chi connectivity index (χ1n) is 6.86. The Balaban J connectivity index is 2.35. The van der Waals surface area contributed by atoms with Crippen LogP contribution in [-0.4, -0.2) is 6.61 Å². The number of rotatable bonds is 7. The minimum Gasteiger partial charge on any atom is -0.494 e. The minimum absolute atomic E-state index is 0.644. The van der Waals surface area contributed by atoms with Crippen LogP contribution in [0.2, 0.25) is 0 Å². The lowest BCUT2D eigenvalue weighted by atomic mass is 9.99. The summed E-state index contributed by atoms with van der Waals surface area (Å²) in [6, 6.07) is 8.56. The Labute approximate surface area is 106 Å². The van der Waals surface area contributed by atoms with Gasteiger partial charge in [0.15, 0.2) is 0 Å². The topological polar surface area (TPSA) is 9.23 Å². The SMILES string of the molecule is CCC(C)c1ccc(OCCCC(C)C)cc1. The summed E-state index contributed by atoms with van der Waals surface area (Å²) in [5.41, 5.74) is 1.40. The van der Waals surface area contributed by atoms with E-state index in [0.29, 0.717) is 5.92 Å².